The summed E-state index contributed by atoms with van der Waals surface area (Å²) < 4.78 is 12.0. The molecule has 0 spiro atoms. The van der Waals surface area contributed by atoms with Gasteiger partial charge in [-0.3, -0.25) is 4.39 Å². The van der Waals surface area contributed by atoms with E-state index in [2.05, 4.69) is 18.2 Å². The largest absolute Gasteiger partial charge is 0.251 e. The summed E-state index contributed by atoms with van der Waals surface area (Å²) in [4.78, 5) is 0. The SMILES string of the molecule is N#CC1CCC(C2CCC(CC/C=C/CCCF)CC2)CC1. The molecule has 0 aromatic heterocycles. The molecule has 0 aliphatic heterocycles. The fourth-order valence-corrected chi connectivity index (χ4v) is 4.43. The van der Waals surface area contributed by atoms with Gasteiger partial charge < -0.3 is 0 Å². The third kappa shape index (κ3) is 5.75. The molecule has 2 heteroatoms. The Labute approximate surface area is 136 Å². The molecule has 0 atom stereocenters. The van der Waals surface area contributed by atoms with Crippen LogP contribution >= 0.6 is 0 Å². The summed E-state index contributed by atoms with van der Waals surface area (Å²) >= 11 is 0. The molecule has 0 aromatic rings. The molecule has 0 aromatic carbocycles. The summed E-state index contributed by atoms with van der Waals surface area (Å²) in [5.74, 6) is 3.11. The average Bonchev–Trinajstić information content (AvgIpc) is 2.59. The van der Waals surface area contributed by atoms with Crippen molar-refractivity contribution in [2.75, 3.05) is 6.67 Å². The lowest BCUT2D eigenvalue weighted by atomic mass is 9.69. The Morgan fingerprint density at radius 3 is 2.05 bits per heavy atom. The van der Waals surface area contributed by atoms with Crippen molar-refractivity contribution in [3.8, 4) is 6.07 Å². The normalized spacial score (nSPS) is 32.9. The molecule has 0 radical (unpaired) electrons. The van der Waals surface area contributed by atoms with Gasteiger partial charge in [-0.05, 0) is 82.0 Å². The second-order valence-corrected chi connectivity index (χ2v) is 7.40. The summed E-state index contributed by atoms with van der Waals surface area (Å²) in [6, 6.07) is 2.45. The first-order valence-electron chi connectivity index (χ1n) is 9.44. The van der Waals surface area contributed by atoms with Crippen molar-refractivity contribution < 1.29 is 4.39 Å². The van der Waals surface area contributed by atoms with Crippen LogP contribution in [0.4, 0.5) is 4.39 Å². The van der Waals surface area contributed by atoms with Gasteiger partial charge in [-0.1, -0.05) is 25.0 Å². The molecule has 124 valence electrons. The topological polar surface area (TPSA) is 23.8 Å². The van der Waals surface area contributed by atoms with Crippen LogP contribution in [0.5, 0.6) is 0 Å². The van der Waals surface area contributed by atoms with E-state index in [0.717, 1.165) is 37.0 Å². The number of alkyl halides is 1. The minimum atomic E-state index is -0.190. The summed E-state index contributed by atoms with van der Waals surface area (Å²) in [6.07, 6.45) is 19.0. The van der Waals surface area contributed by atoms with Crippen molar-refractivity contribution in [3.63, 3.8) is 0 Å². The fourth-order valence-electron chi connectivity index (χ4n) is 4.43. The highest BCUT2D eigenvalue weighted by atomic mass is 19.1. The zero-order chi connectivity index (χ0) is 15.6. The Morgan fingerprint density at radius 2 is 1.45 bits per heavy atom. The van der Waals surface area contributed by atoms with E-state index in [-0.39, 0.29) is 6.67 Å². The minimum Gasteiger partial charge on any atom is -0.251 e. The molecule has 2 saturated carbocycles. The van der Waals surface area contributed by atoms with Crippen LogP contribution in [0.3, 0.4) is 0 Å². The van der Waals surface area contributed by atoms with Gasteiger partial charge in [0.15, 0.2) is 0 Å². The zero-order valence-electron chi connectivity index (χ0n) is 14.0. The van der Waals surface area contributed by atoms with Crippen LogP contribution in [0.15, 0.2) is 12.2 Å². The third-order valence-electron chi connectivity index (χ3n) is 5.93. The number of rotatable bonds is 7. The van der Waals surface area contributed by atoms with Crippen molar-refractivity contribution in [2.45, 2.75) is 77.0 Å². The van der Waals surface area contributed by atoms with Crippen LogP contribution in [0.2, 0.25) is 0 Å². The summed E-state index contributed by atoms with van der Waals surface area (Å²) in [6.45, 7) is -0.190. The fraction of sp³-hybridized carbons (Fsp3) is 0.850. The van der Waals surface area contributed by atoms with E-state index < -0.39 is 0 Å². The standard InChI is InChI=1S/C20H32FN/c21-15-5-3-1-2-4-6-17-7-11-19(12-8-17)20-13-9-18(16-22)10-14-20/h1-2,17-20H,3-15H2/b2-1+. The Balaban J connectivity index is 1.58. The van der Waals surface area contributed by atoms with Crippen molar-refractivity contribution in [2.24, 2.45) is 23.7 Å². The van der Waals surface area contributed by atoms with Crippen LogP contribution in [-0.4, -0.2) is 6.67 Å². The Kier molecular flexibility index (Phi) is 7.99. The van der Waals surface area contributed by atoms with Crippen molar-refractivity contribution >= 4 is 0 Å². The molecule has 2 aliphatic rings. The van der Waals surface area contributed by atoms with Crippen LogP contribution in [0, 0.1) is 35.0 Å². The summed E-state index contributed by atoms with van der Waals surface area (Å²) in [5.41, 5.74) is 0. The van der Waals surface area contributed by atoms with Crippen molar-refractivity contribution in [3.05, 3.63) is 12.2 Å². The van der Waals surface area contributed by atoms with Gasteiger partial charge in [0.05, 0.1) is 12.7 Å². The second kappa shape index (κ2) is 10.0. The summed E-state index contributed by atoms with van der Waals surface area (Å²) in [5, 5.41) is 9.00. The Hall–Kier alpha value is -0.840. The molecule has 0 bridgehead atoms. The van der Waals surface area contributed by atoms with Gasteiger partial charge in [0.25, 0.3) is 0 Å². The molecule has 0 heterocycles. The first kappa shape index (κ1) is 17.5. The number of unbranched alkanes of at least 4 members (excludes halogenated alkanes) is 1. The van der Waals surface area contributed by atoms with Crippen LogP contribution < -0.4 is 0 Å². The predicted octanol–water partition coefficient (Wildman–Crippen LogP) is 6.21. The van der Waals surface area contributed by atoms with E-state index in [1.807, 2.05) is 0 Å². The van der Waals surface area contributed by atoms with Crippen LogP contribution in [0.25, 0.3) is 0 Å². The number of hydrogen-bond acceptors (Lipinski definition) is 1. The monoisotopic (exact) mass is 305 g/mol. The lowest BCUT2D eigenvalue weighted by molar-refractivity contribution is 0.154. The van der Waals surface area contributed by atoms with Crippen molar-refractivity contribution in [1.29, 1.82) is 5.26 Å². The van der Waals surface area contributed by atoms with Crippen LogP contribution in [0.1, 0.15) is 77.0 Å². The molecule has 2 aliphatic carbocycles. The minimum absolute atomic E-state index is 0.190. The van der Waals surface area contributed by atoms with Gasteiger partial charge in [-0.2, -0.15) is 5.26 Å². The first-order chi connectivity index (χ1) is 10.8. The maximum Gasteiger partial charge on any atom is 0.0897 e. The second-order valence-electron chi connectivity index (χ2n) is 7.40. The van der Waals surface area contributed by atoms with Gasteiger partial charge in [0.1, 0.15) is 0 Å². The molecule has 1 nitrogen and oxygen atoms in total. The van der Waals surface area contributed by atoms with Gasteiger partial charge in [0.2, 0.25) is 0 Å². The number of nitriles is 1. The van der Waals surface area contributed by atoms with Gasteiger partial charge in [-0.25, -0.2) is 0 Å². The van der Waals surface area contributed by atoms with Gasteiger partial charge in [-0.15, -0.1) is 0 Å². The van der Waals surface area contributed by atoms with E-state index in [4.69, 9.17) is 5.26 Å². The lowest BCUT2D eigenvalue weighted by Gasteiger charge is -2.36. The van der Waals surface area contributed by atoms with E-state index in [1.165, 1.54) is 51.4 Å². The van der Waals surface area contributed by atoms with Crippen LogP contribution in [-0.2, 0) is 0 Å². The van der Waals surface area contributed by atoms with Gasteiger partial charge >= 0.3 is 0 Å². The molecule has 0 unspecified atom stereocenters. The highest BCUT2D eigenvalue weighted by Gasteiger charge is 2.30. The summed E-state index contributed by atoms with van der Waals surface area (Å²) in [7, 11) is 0. The maximum absolute atomic E-state index is 12.0. The number of nitrogens with zero attached hydrogens (tertiary/aromatic N) is 1. The smallest absolute Gasteiger partial charge is 0.0897 e. The van der Waals surface area contributed by atoms with E-state index in [0.29, 0.717) is 12.3 Å². The number of hydrogen-bond donors (Lipinski definition) is 0. The average molecular weight is 305 g/mol. The van der Waals surface area contributed by atoms with E-state index in [1.54, 1.807) is 0 Å². The number of allylic oxidation sites excluding steroid dienone is 2. The molecule has 2 rings (SSSR count). The Morgan fingerprint density at radius 1 is 0.864 bits per heavy atom. The van der Waals surface area contributed by atoms with Crippen molar-refractivity contribution in [1.82, 2.24) is 0 Å². The predicted molar refractivity (Wildman–Crippen MR) is 90.1 cm³/mol. The van der Waals surface area contributed by atoms with E-state index >= 15 is 0 Å². The molecule has 2 fully saturated rings. The third-order valence-corrected chi connectivity index (χ3v) is 5.93. The van der Waals surface area contributed by atoms with Gasteiger partial charge in [0, 0.05) is 5.92 Å². The molecular weight excluding hydrogens is 273 g/mol. The lowest BCUT2D eigenvalue weighted by Crippen LogP contribution is -2.25. The quantitative estimate of drug-likeness (QED) is 0.405. The molecule has 0 saturated heterocycles. The first-order valence-corrected chi connectivity index (χ1v) is 9.44. The molecular formula is C20H32FN. The maximum atomic E-state index is 12.0. The highest BCUT2D eigenvalue weighted by Crippen LogP contribution is 2.42. The van der Waals surface area contributed by atoms with E-state index in [9.17, 15) is 4.39 Å². The molecule has 0 N–H and O–H groups in total. The molecule has 0 amide bonds. The Bertz CT molecular complexity index is 354. The molecule has 22 heavy (non-hydrogen) atoms. The zero-order valence-corrected chi connectivity index (χ0v) is 14.0. The number of halogens is 1. The highest BCUT2D eigenvalue weighted by molar-refractivity contribution is 4.90.